The van der Waals surface area contributed by atoms with Gasteiger partial charge in [-0.1, -0.05) is 29.8 Å². The number of rotatable bonds is 7. The van der Waals surface area contributed by atoms with Crippen molar-refractivity contribution in [3.8, 4) is 5.75 Å². The van der Waals surface area contributed by atoms with E-state index < -0.39 is 0 Å². The van der Waals surface area contributed by atoms with Gasteiger partial charge in [-0.15, -0.1) is 24.0 Å². The van der Waals surface area contributed by atoms with Crippen molar-refractivity contribution in [1.82, 2.24) is 10.6 Å². The second-order valence-electron chi connectivity index (χ2n) is 6.38. The van der Waals surface area contributed by atoms with Crippen LogP contribution in [0.25, 0.3) is 0 Å². The summed E-state index contributed by atoms with van der Waals surface area (Å²) in [4.78, 5) is 16.4. The third kappa shape index (κ3) is 7.74. The van der Waals surface area contributed by atoms with Crippen LogP contribution in [0.3, 0.4) is 0 Å². The van der Waals surface area contributed by atoms with Crippen LogP contribution in [-0.2, 0) is 11.3 Å². The van der Waals surface area contributed by atoms with Gasteiger partial charge in [0.15, 0.2) is 5.96 Å². The molecule has 0 unspecified atom stereocenters. The molecule has 158 valence electrons. The zero-order valence-corrected chi connectivity index (χ0v) is 20.2. The van der Waals surface area contributed by atoms with Crippen molar-refractivity contribution >= 4 is 53.1 Å². The van der Waals surface area contributed by atoms with Crippen LogP contribution in [-0.4, -0.2) is 32.6 Å². The van der Waals surface area contributed by atoms with E-state index in [1.54, 1.807) is 20.2 Å². The Bertz CT molecular complexity index is 859. The van der Waals surface area contributed by atoms with Gasteiger partial charge in [-0.05, 0) is 43.2 Å². The van der Waals surface area contributed by atoms with Gasteiger partial charge in [0.05, 0.1) is 7.11 Å². The van der Waals surface area contributed by atoms with Crippen molar-refractivity contribution in [1.29, 1.82) is 0 Å². The molecule has 3 N–H and O–H groups in total. The van der Waals surface area contributed by atoms with Gasteiger partial charge < -0.3 is 20.7 Å². The summed E-state index contributed by atoms with van der Waals surface area (Å²) in [5, 5.41) is 9.88. The summed E-state index contributed by atoms with van der Waals surface area (Å²) >= 11 is 6.08. The molecule has 0 heterocycles. The maximum atomic E-state index is 12.2. The molecule has 0 spiro atoms. The number of aliphatic imine (C=N–C) groups is 1. The normalized spacial score (nSPS) is 10.7. The first-order valence-corrected chi connectivity index (χ1v) is 9.45. The van der Waals surface area contributed by atoms with E-state index in [0.29, 0.717) is 30.5 Å². The summed E-state index contributed by atoms with van der Waals surface area (Å²) in [7, 11) is 3.35. The Morgan fingerprint density at radius 3 is 2.62 bits per heavy atom. The Morgan fingerprint density at radius 1 is 1.17 bits per heavy atom. The van der Waals surface area contributed by atoms with Gasteiger partial charge in [0.2, 0.25) is 5.91 Å². The molecule has 0 fully saturated rings. The van der Waals surface area contributed by atoms with E-state index in [4.69, 9.17) is 16.3 Å². The molecular formula is C21H28ClIN4O2. The third-order valence-corrected chi connectivity index (χ3v) is 4.71. The molecule has 8 heteroatoms. The molecule has 0 atom stereocenters. The van der Waals surface area contributed by atoms with E-state index in [2.05, 4.69) is 20.9 Å². The first kappa shape index (κ1) is 25.0. The standard InChI is InChI=1S/C21H27ClN4O2.HI/c1-14-8-9-16(19(12-14)28-4)13-25-21(23-3)24-11-10-20(27)26-18-7-5-6-17(22)15(18)2;/h5-9,12H,10-11,13H2,1-4H3,(H,26,27)(H2,23,24,25);1H. The van der Waals surface area contributed by atoms with Gasteiger partial charge in [0, 0.05) is 42.8 Å². The minimum absolute atomic E-state index is 0. The zero-order valence-electron chi connectivity index (χ0n) is 17.1. The SMILES string of the molecule is CN=C(NCCC(=O)Nc1cccc(Cl)c1C)NCc1ccc(C)cc1OC.I. The molecule has 0 saturated carbocycles. The summed E-state index contributed by atoms with van der Waals surface area (Å²) in [6, 6.07) is 11.5. The molecule has 1 amide bonds. The minimum atomic E-state index is -0.0893. The molecule has 0 aliphatic heterocycles. The maximum Gasteiger partial charge on any atom is 0.226 e. The van der Waals surface area contributed by atoms with Crippen LogP contribution in [0.5, 0.6) is 5.75 Å². The lowest BCUT2D eigenvalue weighted by molar-refractivity contribution is -0.116. The van der Waals surface area contributed by atoms with Crippen LogP contribution in [0.1, 0.15) is 23.1 Å². The van der Waals surface area contributed by atoms with Gasteiger partial charge in [-0.2, -0.15) is 0 Å². The van der Waals surface area contributed by atoms with E-state index in [-0.39, 0.29) is 29.9 Å². The van der Waals surface area contributed by atoms with Crippen LogP contribution in [0, 0.1) is 13.8 Å². The highest BCUT2D eigenvalue weighted by molar-refractivity contribution is 14.0. The van der Waals surface area contributed by atoms with Gasteiger partial charge >= 0.3 is 0 Å². The molecule has 0 bridgehead atoms. The third-order valence-electron chi connectivity index (χ3n) is 4.30. The number of carbonyl (C=O) groups excluding carboxylic acids is 1. The highest BCUT2D eigenvalue weighted by atomic mass is 127. The van der Waals surface area contributed by atoms with Gasteiger partial charge in [0.25, 0.3) is 0 Å². The number of amides is 1. The number of ether oxygens (including phenoxy) is 1. The number of aryl methyl sites for hydroxylation is 1. The largest absolute Gasteiger partial charge is 0.496 e. The van der Waals surface area contributed by atoms with E-state index in [9.17, 15) is 4.79 Å². The molecule has 0 aromatic heterocycles. The predicted octanol–water partition coefficient (Wildman–Crippen LogP) is 4.28. The highest BCUT2D eigenvalue weighted by Crippen LogP contribution is 2.23. The molecule has 0 aliphatic carbocycles. The van der Waals surface area contributed by atoms with E-state index >= 15 is 0 Å². The van der Waals surface area contributed by atoms with E-state index in [1.165, 1.54) is 0 Å². The van der Waals surface area contributed by atoms with Crippen LogP contribution in [0.2, 0.25) is 5.02 Å². The van der Waals surface area contributed by atoms with E-state index in [0.717, 1.165) is 28.1 Å². The lowest BCUT2D eigenvalue weighted by Gasteiger charge is -2.14. The minimum Gasteiger partial charge on any atom is -0.496 e. The van der Waals surface area contributed by atoms with Crippen LogP contribution in [0.15, 0.2) is 41.4 Å². The van der Waals surface area contributed by atoms with Crippen molar-refractivity contribution < 1.29 is 9.53 Å². The lowest BCUT2D eigenvalue weighted by Crippen LogP contribution is -2.38. The summed E-state index contributed by atoms with van der Waals surface area (Å²) in [5.41, 5.74) is 3.76. The molecule has 2 rings (SSSR count). The number of methoxy groups -OCH3 is 1. The Balaban J connectivity index is 0.00000420. The first-order chi connectivity index (χ1) is 13.4. The highest BCUT2D eigenvalue weighted by Gasteiger charge is 2.08. The average molecular weight is 531 g/mol. The number of nitrogens with zero attached hydrogens (tertiary/aromatic N) is 1. The number of carbonyl (C=O) groups is 1. The number of benzene rings is 2. The molecule has 0 radical (unpaired) electrons. The van der Waals surface area contributed by atoms with Gasteiger partial charge in [-0.3, -0.25) is 9.79 Å². The maximum absolute atomic E-state index is 12.2. The molecule has 2 aromatic rings. The number of halogens is 2. The Morgan fingerprint density at radius 2 is 1.93 bits per heavy atom. The Hall–Kier alpha value is -2.00. The molecular weight excluding hydrogens is 503 g/mol. The monoisotopic (exact) mass is 530 g/mol. The zero-order chi connectivity index (χ0) is 20.5. The van der Waals surface area contributed by atoms with Crippen molar-refractivity contribution in [2.45, 2.75) is 26.8 Å². The number of nitrogens with one attached hydrogen (secondary N) is 3. The Labute approximate surface area is 194 Å². The van der Waals surface area contributed by atoms with Crippen molar-refractivity contribution in [2.75, 3.05) is 26.0 Å². The van der Waals surface area contributed by atoms with Crippen molar-refractivity contribution in [3.63, 3.8) is 0 Å². The summed E-state index contributed by atoms with van der Waals surface area (Å²) in [6.07, 6.45) is 0.306. The fourth-order valence-electron chi connectivity index (χ4n) is 2.65. The van der Waals surface area contributed by atoms with E-state index in [1.807, 2.05) is 44.2 Å². The average Bonchev–Trinajstić information content (AvgIpc) is 2.68. The van der Waals surface area contributed by atoms with Crippen molar-refractivity contribution in [3.05, 3.63) is 58.1 Å². The van der Waals surface area contributed by atoms with Crippen LogP contribution >= 0.6 is 35.6 Å². The number of hydrogen-bond donors (Lipinski definition) is 3. The topological polar surface area (TPSA) is 74.8 Å². The molecule has 6 nitrogen and oxygen atoms in total. The summed E-state index contributed by atoms with van der Waals surface area (Å²) < 4.78 is 5.42. The number of guanidine groups is 1. The van der Waals surface area contributed by atoms with Crippen molar-refractivity contribution in [2.24, 2.45) is 4.99 Å². The quantitative estimate of drug-likeness (QED) is 0.284. The van der Waals surface area contributed by atoms with Crippen LogP contribution < -0.4 is 20.7 Å². The molecule has 0 saturated heterocycles. The summed E-state index contributed by atoms with van der Waals surface area (Å²) in [5.74, 6) is 1.36. The molecule has 0 aliphatic rings. The lowest BCUT2D eigenvalue weighted by atomic mass is 10.1. The predicted molar refractivity (Wildman–Crippen MR) is 131 cm³/mol. The molecule has 2 aromatic carbocycles. The fraction of sp³-hybridized carbons (Fsp3) is 0.333. The second kappa shape index (κ2) is 12.5. The first-order valence-electron chi connectivity index (χ1n) is 9.07. The Kier molecular flexibility index (Phi) is 10.8. The smallest absolute Gasteiger partial charge is 0.226 e. The summed E-state index contributed by atoms with van der Waals surface area (Å²) in [6.45, 7) is 4.92. The number of anilines is 1. The van der Waals surface area contributed by atoms with Gasteiger partial charge in [0.1, 0.15) is 5.75 Å². The van der Waals surface area contributed by atoms with Crippen LogP contribution in [0.4, 0.5) is 5.69 Å². The van der Waals surface area contributed by atoms with Gasteiger partial charge in [-0.25, -0.2) is 0 Å². The fourth-order valence-corrected chi connectivity index (χ4v) is 2.82. The number of hydrogen-bond acceptors (Lipinski definition) is 3. The molecule has 29 heavy (non-hydrogen) atoms. The second-order valence-corrected chi connectivity index (χ2v) is 6.79.